The van der Waals surface area contributed by atoms with Crippen molar-refractivity contribution in [3.8, 4) is 5.75 Å². The van der Waals surface area contributed by atoms with E-state index in [0.717, 1.165) is 25.2 Å². The highest BCUT2D eigenvalue weighted by molar-refractivity contribution is 5.80. The van der Waals surface area contributed by atoms with Crippen LogP contribution in [-0.4, -0.2) is 54.8 Å². The molecule has 1 amide bonds. The van der Waals surface area contributed by atoms with Crippen molar-refractivity contribution < 1.29 is 14.6 Å². The normalized spacial score (nSPS) is 16.4. The van der Waals surface area contributed by atoms with Crippen LogP contribution in [0.4, 0.5) is 5.69 Å². The fourth-order valence-electron chi connectivity index (χ4n) is 2.51. The van der Waals surface area contributed by atoms with Crippen molar-refractivity contribution >= 4 is 11.6 Å². The Morgan fingerprint density at radius 2 is 1.95 bits per heavy atom. The highest BCUT2D eigenvalue weighted by Gasteiger charge is 2.25. The zero-order chi connectivity index (χ0) is 15.9. The van der Waals surface area contributed by atoms with Crippen LogP contribution in [0.5, 0.6) is 5.75 Å². The van der Waals surface area contributed by atoms with E-state index in [0.29, 0.717) is 19.7 Å². The van der Waals surface area contributed by atoms with Crippen LogP contribution >= 0.6 is 0 Å². The highest BCUT2D eigenvalue weighted by atomic mass is 16.5. The van der Waals surface area contributed by atoms with Crippen LogP contribution in [0, 0.1) is 0 Å². The van der Waals surface area contributed by atoms with Crippen LogP contribution in [0.1, 0.15) is 13.3 Å². The SMILES string of the molecule is C=CCCOC(C)C(=O)N1CCN(c2ccc(O)cc2)CC1. The van der Waals surface area contributed by atoms with Gasteiger partial charge in [-0.05, 0) is 37.6 Å². The monoisotopic (exact) mass is 304 g/mol. The molecule has 0 radical (unpaired) electrons. The Hall–Kier alpha value is -2.01. The second-order valence-electron chi connectivity index (χ2n) is 5.42. The zero-order valence-electron chi connectivity index (χ0n) is 13.1. The molecule has 0 aliphatic carbocycles. The zero-order valence-corrected chi connectivity index (χ0v) is 13.1. The minimum absolute atomic E-state index is 0.0504. The Balaban J connectivity index is 1.82. The molecular weight excluding hydrogens is 280 g/mol. The first-order valence-corrected chi connectivity index (χ1v) is 7.67. The lowest BCUT2D eigenvalue weighted by Gasteiger charge is -2.37. The third kappa shape index (κ3) is 4.24. The lowest BCUT2D eigenvalue weighted by Crippen LogP contribution is -2.51. The van der Waals surface area contributed by atoms with Gasteiger partial charge in [0.25, 0.3) is 5.91 Å². The molecule has 1 heterocycles. The van der Waals surface area contributed by atoms with Gasteiger partial charge in [-0.2, -0.15) is 0 Å². The van der Waals surface area contributed by atoms with Crippen LogP contribution in [-0.2, 0) is 9.53 Å². The summed E-state index contributed by atoms with van der Waals surface area (Å²) in [5, 5.41) is 9.33. The predicted molar refractivity (Wildman–Crippen MR) is 87.1 cm³/mol. The van der Waals surface area contributed by atoms with E-state index in [4.69, 9.17) is 4.74 Å². The number of phenols is 1. The Morgan fingerprint density at radius 1 is 1.32 bits per heavy atom. The first kappa shape index (κ1) is 16.4. The van der Waals surface area contributed by atoms with Gasteiger partial charge in [-0.1, -0.05) is 6.08 Å². The van der Waals surface area contributed by atoms with Gasteiger partial charge in [0.1, 0.15) is 11.9 Å². The number of ether oxygens (including phenoxy) is 1. The van der Waals surface area contributed by atoms with Crippen molar-refractivity contribution in [3.63, 3.8) is 0 Å². The molecule has 1 aromatic carbocycles. The molecule has 1 N–H and O–H groups in total. The average molecular weight is 304 g/mol. The summed E-state index contributed by atoms with van der Waals surface area (Å²) >= 11 is 0. The summed E-state index contributed by atoms with van der Waals surface area (Å²) in [4.78, 5) is 16.4. The second kappa shape index (κ2) is 7.84. The van der Waals surface area contributed by atoms with Crippen molar-refractivity contribution in [2.75, 3.05) is 37.7 Å². The van der Waals surface area contributed by atoms with Crippen molar-refractivity contribution in [2.24, 2.45) is 0 Å². The molecule has 1 aliphatic rings. The quantitative estimate of drug-likeness (QED) is 0.645. The third-order valence-electron chi connectivity index (χ3n) is 3.84. The highest BCUT2D eigenvalue weighted by Crippen LogP contribution is 2.20. The molecule has 5 nitrogen and oxygen atoms in total. The van der Waals surface area contributed by atoms with Crippen molar-refractivity contribution in [1.82, 2.24) is 4.90 Å². The number of rotatable bonds is 6. The fourth-order valence-corrected chi connectivity index (χ4v) is 2.51. The molecule has 0 aromatic heterocycles. The van der Waals surface area contributed by atoms with E-state index in [9.17, 15) is 9.90 Å². The van der Waals surface area contributed by atoms with E-state index in [2.05, 4.69) is 11.5 Å². The average Bonchev–Trinajstić information content (AvgIpc) is 2.55. The molecule has 1 atom stereocenters. The summed E-state index contributed by atoms with van der Waals surface area (Å²) in [7, 11) is 0. The summed E-state index contributed by atoms with van der Waals surface area (Å²) in [6, 6.07) is 7.16. The van der Waals surface area contributed by atoms with Crippen molar-refractivity contribution in [2.45, 2.75) is 19.4 Å². The maximum absolute atomic E-state index is 12.3. The van der Waals surface area contributed by atoms with Crippen LogP contribution in [0.3, 0.4) is 0 Å². The molecule has 1 aromatic rings. The molecular formula is C17H24N2O3. The fraction of sp³-hybridized carbons (Fsp3) is 0.471. The topological polar surface area (TPSA) is 53.0 Å². The molecule has 0 bridgehead atoms. The van der Waals surface area contributed by atoms with E-state index in [-0.39, 0.29) is 11.7 Å². The van der Waals surface area contributed by atoms with Gasteiger partial charge in [-0.15, -0.1) is 6.58 Å². The summed E-state index contributed by atoms with van der Waals surface area (Å²) in [5.74, 6) is 0.317. The van der Waals surface area contributed by atoms with Gasteiger partial charge in [0.15, 0.2) is 0 Å². The van der Waals surface area contributed by atoms with E-state index in [1.807, 2.05) is 17.0 Å². The Morgan fingerprint density at radius 3 is 2.55 bits per heavy atom. The smallest absolute Gasteiger partial charge is 0.251 e. The lowest BCUT2D eigenvalue weighted by molar-refractivity contribution is -0.142. The molecule has 2 rings (SSSR count). The predicted octanol–water partition coefficient (Wildman–Crippen LogP) is 2.02. The van der Waals surface area contributed by atoms with Crippen LogP contribution in [0.25, 0.3) is 0 Å². The third-order valence-corrected chi connectivity index (χ3v) is 3.84. The van der Waals surface area contributed by atoms with Gasteiger partial charge in [-0.3, -0.25) is 4.79 Å². The number of phenolic OH excluding ortho intramolecular Hbond substituents is 1. The second-order valence-corrected chi connectivity index (χ2v) is 5.42. The largest absolute Gasteiger partial charge is 0.508 e. The Kier molecular flexibility index (Phi) is 5.83. The van der Waals surface area contributed by atoms with Gasteiger partial charge in [0, 0.05) is 31.9 Å². The standard InChI is InChI=1S/C17H24N2O3/c1-3-4-13-22-14(2)17(21)19-11-9-18(10-12-19)15-5-7-16(20)8-6-15/h3,5-8,14,20H,1,4,9-13H2,2H3. The number of carbonyl (C=O) groups is 1. The number of carbonyl (C=O) groups excluding carboxylic acids is 1. The Labute approximate surface area is 131 Å². The van der Waals surface area contributed by atoms with Crippen LogP contribution < -0.4 is 4.90 Å². The molecule has 1 saturated heterocycles. The van der Waals surface area contributed by atoms with Crippen LogP contribution in [0.2, 0.25) is 0 Å². The summed E-state index contributed by atoms with van der Waals surface area (Å²) in [6.45, 7) is 8.93. The molecule has 0 saturated carbocycles. The van der Waals surface area contributed by atoms with Crippen molar-refractivity contribution in [1.29, 1.82) is 0 Å². The minimum atomic E-state index is -0.403. The maximum Gasteiger partial charge on any atom is 0.251 e. The van der Waals surface area contributed by atoms with Gasteiger partial charge in [-0.25, -0.2) is 0 Å². The van der Waals surface area contributed by atoms with Gasteiger partial charge in [0.05, 0.1) is 6.61 Å². The first-order valence-electron chi connectivity index (χ1n) is 7.67. The van der Waals surface area contributed by atoms with E-state index in [1.165, 1.54) is 0 Å². The summed E-state index contributed by atoms with van der Waals surface area (Å²) in [6.07, 6.45) is 2.14. The van der Waals surface area contributed by atoms with Crippen molar-refractivity contribution in [3.05, 3.63) is 36.9 Å². The minimum Gasteiger partial charge on any atom is -0.508 e. The molecule has 0 spiro atoms. The number of nitrogens with zero attached hydrogens (tertiary/aromatic N) is 2. The number of benzene rings is 1. The van der Waals surface area contributed by atoms with Gasteiger partial charge >= 0.3 is 0 Å². The summed E-state index contributed by atoms with van der Waals surface area (Å²) < 4.78 is 5.52. The molecule has 120 valence electrons. The van der Waals surface area contributed by atoms with Gasteiger partial charge in [0.2, 0.25) is 0 Å². The van der Waals surface area contributed by atoms with Crippen LogP contribution in [0.15, 0.2) is 36.9 Å². The molecule has 22 heavy (non-hydrogen) atoms. The molecule has 1 aliphatic heterocycles. The van der Waals surface area contributed by atoms with Gasteiger partial charge < -0.3 is 19.6 Å². The number of piperazine rings is 1. The number of anilines is 1. The first-order chi connectivity index (χ1) is 10.6. The number of aromatic hydroxyl groups is 1. The molecule has 1 fully saturated rings. The van der Waals surface area contributed by atoms with E-state index >= 15 is 0 Å². The lowest BCUT2D eigenvalue weighted by atomic mass is 10.2. The maximum atomic E-state index is 12.3. The molecule has 5 heteroatoms. The molecule has 1 unspecified atom stereocenters. The Bertz CT molecular complexity index is 493. The van der Waals surface area contributed by atoms with E-state index in [1.54, 1.807) is 25.1 Å². The number of hydrogen-bond acceptors (Lipinski definition) is 4. The summed E-state index contributed by atoms with van der Waals surface area (Å²) in [5.41, 5.74) is 1.07. The number of amides is 1. The van der Waals surface area contributed by atoms with E-state index < -0.39 is 6.10 Å². The number of hydrogen-bond donors (Lipinski definition) is 1.